The highest BCUT2D eigenvalue weighted by Crippen LogP contribution is 2.55. The summed E-state index contributed by atoms with van der Waals surface area (Å²) in [6, 6.07) is 4.38. The number of likely N-dealkylation sites (N-methyl/N-ethyl adjacent to an activating group) is 1. The van der Waals surface area contributed by atoms with E-state index in [4.69, 9.17) is 9.47 Å². The number of carbonyl (C=O) groups is 2. The van der Waals surface area contributed by atoms with Crippen molar-refractivity contribution in [3.63, 3.8) is 0 Å². The molecular weight excluding hydrogens is 527 g/mol. The van der Waals surface area contributed by atoms with Crippen LogP contribution >= 0.6 is 0 Å². The van der Waals surface area contributed by atoms with Crippen LogP contribution in [0.2, 0.25) is 0 Å². The van der Waals surface area contributed by atoms with Crippen molar-refractivity contribution < 1.29 is 41.0 Å². The third-order valence-electron chi connectivity index (χ3n) is 7.66. The molecule has 0 bridgehead atoms. The first-order chi connectivity index (χ1) is 18.2. The number of benzene rings is 1. The molecule has 1 aromatic carbocycles. The Bertz CT molecular complexity index is 1270. The van der Waals surface area contributed by atoms with E-state index < -0.39 is 53.0 Å². The minimum atomic E-state index is -4.88. The van der Waals surface area contributed by atoms with Gasteiger partial charge in [-0.25, -0.2) is 9.37 Å². The smallest absolute Gasteiger partial charge is 0.417 e. The van der Waals surface area contributed by atoms with E-state index in [1.807, 2.05) is 0 Å². The van der Waals surface area contributed by atoms with Gasteiger partial charge in [-0.2, -0.15) is 17.6 Å². The zero-order chi connectivity index (χ0) is 28.9. The lowest BCUT2D eigenvalue weighted by Crippen LogP contribution is -2.47. The molecule has 2 aliphatic rings. The summed E-state index contributed by atoms with van der Waals surface area (Å²) in [7, 11) is 4.62. The number of ether oxygens (including phenoxy) is 2. The maximum atomic E-state index is 14.5. The second kappa shape index (κ2) is 10.3. The van der Waals surface area contributed by atoms with Gasteiger partial charge < -0.3 is 14.8 Å². The van der Waals surface area contributed by atoms with E-state index >= 15 is 0 Å². The Hall–Kier alpha value is -3.32. The molecule has 0 aliphatic carbocycles. The third kappa shape index (κ3) is 4.93. The maximum absolute atomic E-state index is 14.5. The quantitative estimate of drug-likeness (QED) is 0.540. The van der Waals surface area contributed by atoms with Gasteiger partial charge in [-0.3, -0.25) is 19.4 Å². The van der Waals surface area contributed by atoms with Crippen LogP contribution in [0.3, 0.4) is 0 Å². The average Bonchev–Trinajstić information content (AvgIpc) is 3.39. The van der Waals surface area contributed by atoms with Crippen LogP contribution in [0.15, 0.2) is 30.5 Å². The molecule has 212 valence electrons. The molecule has 2 fully saturated rings. The summed E-state index contributed by atoms with van der Waals surface area (Å²) in [6.07, 6.45) is -4.69. The molecule has 39 heavy (non-hydrogen) atoms. The van der Waals surface area contributed by atoms with Crippen LogP contribution in [-0.2, 0) is 14.3 Å². The van der Waals surface area contributed by atoms with Crippen molar-refractivity contribution in [1.29, 1.82) is 0 Å². The standard InChI is InChI=1S/C26H29F5N4O4/c1-13-19(15-6-7-16(27)20(28)21(15)38-5)22(39-25(13,2)26(29,30)31)23(36)33-14-8-10-32-18(12-14)35-11-9-17(24(35)37)34(3)4/h6-8,10,12-13,17,19,22H,9,11H2,1-5H3,(H,32,33,36)/t13-,17+,19-,22+,25+/m0/s1. The van der Waals surface area contributed by atoms with Gasteiger partial charge in [0.25, 0.3) is 5.91 Å². The first kappa shape index (κ1) is 28.7. The number of rotatable bonds is 6. The van der Waals surface area contributed by atoms with E-state index in [9.17, 15) is 31.5 Å². The van der Waals surface area contributed by atoms with Gasteiger partial charge in [0, 0.05) is 41.9 Å². The molecule has 0 unspecified atom stereocenters. The van der Waals surface area contributed by atoms with Crippen LogP contribution in [0.1, 0.15) is 31.7 Å². The SMILES string of the molecule is COc1c([C@H]2[C@H](C(=O)Nc3ccnc(N4CC[C@@H](N(C)C)C4=O)c3)O[C@@](C)(C(F)(F)F)[C@H]2C)ccc(F)c1F. The first-order valence-corrected chi connectivity index (χ1v) is 12.2. The summed E-state index contributed by atoms with van der Waals surface area (Å²) >= 11 is 0. The molecule has 1 aromatic heterocycles. The highest BCUT2D eigenvalue weighted by atomic mass is 19.4. The molecule has 5 atom stereocenters. The fourth-order valence-corrected chi connectivity index (χ4v) is 5.27. The van der Waals surface area contributed by atoms with Crippen molar-refractivity contribution in [2.75, 3.05) is 38.0 Å². The molecule has 2 aliphatic heterocycles. The number of methoxy groups -OCH3 is 1. The lowest BCUT2D eigenvalue weighted by Gasteiger charge is -2.32. The van der Waals surface area contributed by atoms with Crippen LogP contribution in [0.4, 0.5) is 33.5 Å². The Morgan fingerprint density at radius 3 is 2.54 bits per heavy atom. The molecule has 0 saturated carbocycles. The van der Waals surface area contributed by atoms with E-state index in [1.165, 1.54) is 30.2 Å². The summed E-state index contributed by atoms with van der Waals surface area (Å²) in [4.78, 5) is 33.6. The number of amides is 2. The van der Waals surface area contributed by atoms with Crippen LogP contribution < -0.4 is 15.0 Å². The number of nitrogens with zero attached hydrogens (tertiary/aromatic N) is 3. The van der Waals surface area contributed by atoms with Crippen molar-refractivity contribution in [3.05, 3.63) is 47.7 Å². The number of alkyl halides is 3. The van der Waals surface area contributed by atoms with Crippen LogP contribution in [-0.4, -0.2) is 73.4 Å². The zero-order valence-electron chi connectivity index (χ0n) is 22.0. The summed E-state index contributed by atoms with van der Waals surface area (Å²) in [5, 5.41) is 2.54. The number of pyridine rings is 1. The summed E-state index contributed by atoms with van der Waals surface area (Å²) in [5.74, 6) is -6.81. The van der Waals surface area contributed by atoms with Crippen LogP contribution in [0, 0.1) is 17.6 Å². The molecule has 0 radical (unpaired) electrons. The Labute approximate surface area is 222 Å². The Balaban J connectivity index is 1.67. The third-order valence-corrected chi connectivity index (χ3v) is 7.66. The fraction of sp³-hybridized carbons (Fsp3) is 0.500. The molecule has 4 rings (SSSR count). The number of carbonyl (C=O) groups excluding carboxylic acids is 2. The largest absolute Gasteiger partial charge is 0.493 e. The van der Waals surface area contributed by atoms with Gasteiger partial charge in [0.15, 0.2) is 17.2 Å². The second-order valence-electron chi connectivity index (χ2n) is 10.1. The van der Waals surface area contributed by atoms with Crippen molar-refractivity contribution in [2.45, 2.75) is 50.1 Å². The van der Waals surface area contributed by atoms with Gasteiger partial charge in [0.05, 0.1) is 13.2 Å². The van der Waals surface area contributed by atoms with E-state index in [0.717, 1.165) is 26.2 Å². The van der Waals surface area contributed by atoms with E-state index in [1.54, 1.807) is 19.0 Å². The highest BCUT2D eigenvalue weighted by molar-refractivity contribution is 6.00. The predicted octanol–water partition coefficient (Wildman–Crippen LogP) is 4.11. The second-order valence-corrected chi connectivity index (χ2v) is 10.1. The molecule has 0 spiro atoms. The number of aromatic nitrogens is 1. The minimum Gasteiger partial charge on any atom is -0.493 e. The van der Waals surface area contributed by atoms with Crippen LogP contribution in [0.5, 0.6) is 5.75 Å². The molecular formula is C26H29F5N4O4. The number of anilines is 2. The van der Waals surface area contributed by atoms with Crippen molar-refractivity contribution in [1.82, 2.24) is 9.88 Å². The fourth-order valence-electron chi connectivity index (χ4n) is 5.27. The predicted molar refractivity (Wildman–Crippen MR) is 131 cm³/mol. The van der Waals surface area contributed by atoms with Gasteiger partial charge in [0.1, 0.15) is 11.9 Å². The van der Waals surface area contributed by atoms with Crippen molar-refractivity contribution >= 4 is 23.3 Å². The Kier molecular flexibility index (Phi) is 7.60. The van der Waals surface area contributed by atoms with Gasteiger partial charge >= 0.3 is 6.18 Å². The Morgan fingerprint density at radius 1 is 1.26 bits per heavy atom. The average molecular weight is 557 g/mol. The summed E-state index contributed by atoms with van der Waals surface area (Å²) in [5.41, 5.74) is -2.74. The monoisotopic (exact) mass is 556 g/mol. The topological polar surface area (TPSA) is 84.0 Å². The van der Waals surface area contributed by atoms with Crippen molar-refractivity contribution in [3.8, 4) is 5.75 Å². The number of halogens is 5. The number of hydrogen-bond donors (Lipinski definition) is 1. The first-order valence-electron chi connectivity index (χ1n) is 12.2. The molecule has 13 heteroatoms. The molecule has 2 saturated heterocycles. The maximum Gasteiger partial charge on any atom is 0.417 e. The Morgan fingerprint density at radius 2 is 1.95 bits per heavy atom. The van der Waals surface area contributed by atoms with E-state index in [0.29, 0.717) is 13.0 Å². The minimum absolute atomic E-state index is 0.134. The molecule has 1 N–H and O–H groups in total. The summed E-state index contributed by atoms with van der Waals surface area (Å²) < 4.78 is 81.3. The van der Waals surface area contributed by atoms with Gasteiger partial charge in [-0.15, -0.1) is 0 Å². The normalized spacial score (nSPS) is 27.4. The zero-order valence-corrected chi connectivity index (χ0v) is 22.0. The van der Waals surface area contributed by atoms with E-state index in [2.05, 4.69) is 10.3 Å². The molecule has 2 amide bonds. The van der Waals surface area contributed by atoms with Crippen LogP contribution in [0.25, 0.3) is 0 Å². The molecule has 3 heterocycles. The molecule has 2 aromatic rings. The number of nitrogens with one attached hydrogen (secondary N) is 1. The van der Waals surface area contributed by atoms with Crippen molar-refractivity contribution in [2.24, 2.45) is 5.92 Å². The highest BCUT2D eigenvalue weighted by Gasteiger charge is 2.66. The lowest BCUT2D eigenvalue weighted by molar-refractivity contribution is -0.272. The summed E-state index contributed by atoms with van der Waals surface area (Å²) in [6.45, 7) is 2.45. The molecule has 8 nitrogen and oxygen atoms in total. The lowest BCUT2D eigenvalue weighted by atomic mass is 9.77. The van der Waals surface area contributed by atoms with Gasteiger partial charge in [-0.1, -0.05) is 13.0 Å². The van der Waals surface area contributed by atoms with Gasteiger partial charge in [-0.05, 0) is 39.6 Å². The van der Waals surface area contributed by atoms with Gasteiger partial charge in [0.2, 0.25) is 11.7 Å². The number of hydrogen-bond acceptors (Lipinski definition) is 6. The van der Waals surface area contributed by atoms with E-state index in [-0.39, 0.29) is 29.0 Å².